The van der Waals surface area contributed by atoms with Crippen molar-refractivity contribution >= 4 is 45.2 Å². The molecule has 0 bridgehead atoms. The van der Waals surface area contributed by atoms with Gasteiger partial charge < -0.3 is 0 Å². The molecule has 0 radical (unpaired) electrons. The Morgan fingerprint density at radius 2 is 1.87 bits per heavy atom. The minimum atomic E-state index is -3.56. The van der Waals surface area contributed by atoms with Gasteiger partial charge >= 0.3 is 0 Å². The summed E-state index contributed by atoms with van der Waals surface area (Å²) in [6.07, 6.45) is 3.44. The second-order valence-corrected chi connectivity index (χ2v) is 10.8. The maximum atomic E-state index is 13.1. The quantitative estimate of drug-likeness (QED) is 0.627. The summed E-state index contributed by atoms with van der Waals surface area (Å²) in [6, 6.07) is 9.52. The van der Waals surface area contributed by atoms with Crippen molar-refractivity contribution in [3.05, 3.63) is 53.2 Å². The van der Waals surface area contributed by atoms with E-state index in [-0.39, 0.29) is 16.7 Å². The molecule has 0 spiro atoms. The highest BCUT2D eigenvalue weighted by atomic mass is 35.5. The van der Waals surface area contributed by atoms with Crippen LogP contribution in [0.2, 0.25) is 5.02 Å². The molecule has 0 saturated carbocycles. The van der Waals surface area contributed by atoms with Crippen LogP contribution in [-0.2, 0) is 14.8 Å². The number of carbonyl (C=O) groups excluding carboxylic acids is 2. The van der Waals surface area contributed by atoms with Crippen LogP contribution in [-0.4, -0.2) is 60.3 Å². The molecule has 1 aliphatic heterocycles. The number of rotatable bonds is 5. The fourth-order valence-corrected chi connectivity index (χ4v) is 5.05. The number of aromatic nitrogens is 1. The minimum absolute atomic E-state index is 0.0867. The number of hydrogen-bond donors (Lipinski definition) is 0. The lowest BCUT2D eigenvalue weighted by atomic mass is 10.2. The fourth-order valence-electron chi connectivity index (χ4n) is 3.01. The molecule has 2 heterocycles. The van der Waals surface area contributed by atoms with Crippen molar-refractivity contribution in [2.45, 2.75) is 34.4 Å². The van der Waals surface area contributed by atoms with Gasteiger partial charge in [-0.2, -0.15) is 0 Å². The van der Waals surface area contributed by atoms with Gasteiger partial charge in [-0.15, -0.1) is 0 Å². The number of sulfonamides is 1. The number of halogens is 1. The zero-order chi connectivity index (χ0) is 21.9. The smallest absolute Gasteiger partial charge is 0.260 e. The Hall–Kier alpha value is -1.94. The molecule has 1 fully saturated rings. The number of imide groups is 1. The van der Waals surface area contributed by atoms with Crippen LogP contribution in [0.1, 0.15) is 29.6 Å². The Kier molecular flexibility index (Phi) is 7.18. The summed E-state index contributed by atoms with van der Waals surface area (Å²) in [7, 11) is -0.659. The molecule has 3 rings (SSSR count). The largest absolute Gasteiger partial charge is 0.278 e. The Labute approximate surface area is 185 Å². The Bertz CT molecular complexity index is 1030. The van der Waals surface area contributed by atoms with E-state index in [9.17, 15) is 18.0 Å². The normalized spacial score (nSPS) is 17.8. The van der Waals surface area contributed by atoms with E-state index in [2.05, 4.69) is 4.98 Å². The first-order valence-corrected chi connectivity index (χ1v) is 12.1. The van der Waals surface area contributed by atoms with Gasteiger partial charge in [0.15, 0.2) is 0 Å². The lowest BCUT2D eigenvalue weighted by molar-refractivity contribution is -0.127. The van der Waals surface area contributed by atoms with Crippen LogP contribution in [0.25, 0.3) is 0 Å². The average molecular weight is 468 g/mol. The average Bonchev–Trinajstić information content (AvgIpc) is 2.90. The zero-order valence-electron chi connectivity index (χ0n) is 16.6. The Morgan fingerprint density at radius 1 is 1.17 bits per heavy atom. The van der Waals surface area contributed by atoms with Gasteiger partial charge in [0.2, 0.25) is 15.9 Å². The summed E-state index contributed by atoms with van der Waals surface area (Å²) < 4.78 is 25.5. The van der Waals surface area contributed by atoms with Gasteiger partial charge in [-0.1, -0.05) is 29.8 Å². The Morgan fingerprint density at radius 3 is 2.47 bits per heavy atom. The van der Waals surface area contributed by atoms with E-state index < -0.39 is 15.3 Å². The molecule has 1 aromatic heterocycles. The van der Waals surface area contributed by atoms with Gasteiger partial charge in [-0.25, -0.2) is 17.7 Å². The van der Waals surface area contributed by atoms with E-state index in [0.29, 0.717) is 28.6 Å². The van der Waals surface area contributed by atoms with E-state index in [1.807, 2.05) is 0 Å². The molecule has 0 aliphatic carbocycles. The van der Waals surface area contributed by atoms with Crippen molar-refractivity contribution in [2.75, 3.05) is 20.6 Å². The molecule has 2 amide bonds. The number of thioether (sulfide) groups is 1. The predicted molar refractivity (Wildman–Crippen MR) is 116 cm³/mol. The van der Waals surface area contributed by atoms with Crippen LogP contribution >= 0.6 is 23.4 Å². The number of hydrogen-bond acceptors (Lipinski definition) is 6. The van der Waals surface area contributed by atoms with Gasteiger partial charge in [0, 0.05) is 37.4 Å². The van der Waals surface area contributed by atoms with Crippen LogP contribution in [0, 0.1) is 0 Å². The molecule has 7 nitrogen and oxygen atoms in total. The predicted octanol–water partition coefficient (Wildman–Crippen LogP) is 3.30. The van der Waals surface area contributed by atoms with Crippen molar-refractivity contribution < 1.29 is 18.0 Å². The monoisotopic (exact) mass is 467 g/mol. The molecule has 1 atom stereocenters. The van der Waals surface area contributed by atoms with Crippen molar-refractivity contribution in [1.29, 1.82) is 0 Å². The van der Waals surface area contributed by atoms with Crippen LogP contribution < -0.4 is 0 Å². The summed E-state index contributed by atoms with van der Waals surface area (Å²) in [4.78, 5) is 31.5. The third-order valence-electron chi connectivity index (χ3n) is 4.73. The van der Waals surface area contributed by atoms with Crippen LogP contribution in [0.3, 0.4) is 0 Å². The third-order valence-corrected chi connectivity index (χ3v) is 7.98. The van der Waals surface area contributed by atoms with Gasteiger partial charge in [-0.05, 0) is 49.2 Å². The third kappa shape index (κ3) is 5.03. The molecule has 2 aromatic rings. The highest BCUT2D eigenvalue weighted by Gasteiger charge is 2.32. The molecule has 1 aliphatic rings. The highest BCUT2D eigenvalue weighted by molar-refractivity contribution is 8.00. The number of nitrogens with zero attached hydrogens (tertiary/aromatic N) is 3. The topological polar surface area (TPSA) is 87.7 Å². The summed E-state index contributed by atoms with van der Waals surface area (Å²) in [6.45, 7) is 0.366. The lowest BCUT2D eigenvalue weighted by Gasteiger charge is -2.22. The number of amides is 2. The minimum Gasteiger partial charge on any atom is -0.278 e. The standard InChI is InChI=1S/C20H22ClN3O4S2/c1-23(2)30(27,28)16-10-11-18(22-13-16)29-17-5-3-4-12-24(20(17)26)19(25)14-6-8-15(21)9-7-14/h6-11,13,17H,3-5,12H2,1-2H3. The highest BCUT2D eigenvalue weighted by Crippen LogP contribution is 2.30. The van der Waals surface area contributed by atoms with E-state index in [1.165, 1.54) is 43.0 Å². The van der Waals surface area contributed by atoms with Crippen LogP contribution in [0.15, 0.2) is 52.5 Å². The fraction of sp³-hybridized carbons (Fsp3) is 0.350. The van der Waals surface area contributed by atoms with Gasteiger partial charge in [0.1, 0.15) is 4.90 Å². The van der Waals surface area contributed by atoms with Gasteiger partial charge in [0.25, 0.3) is 5.91 Å². The van der Waals surface area contributed by atoms with E-state index >= 15 is 0 Å². The molecule has 1 unspecified atom stereocenters. The molecule has 30 heavy (non-hydrogen) atoms. The molecular weight excluding hydrogens is 446 g/mol. The summed E-state index contributed by atoms with van der Waals surface area (Å²) in [5, 5.41) is 0.590. The number of pyridine rings is 1. The first kappa shape index (κ1) is 22.7. The zero-order valence-corrected chi connectivity index (χ0v) is 19.0. The summed E-state index contributed by atoms with van der Waals surface area (Å²) in [5.74, 6) is -0.603. The van der Waals surface area contributed by atoms with E-state index in [4.69, 9.17) is 11.6 Å². The lowest BCUT2D eigenvalue weighted by Crippen LogP contribution is -2.41. The van der Waals surface area contributed by atoms with Gasteiger partial charge in [-0.3, -0.25) is 14.5 Å². The van der Waals surface area contributed by atoms with Crippen molar-refractivity contribution in [1.82, 2.24) is 14.2 Å². The van der Waals surface area contributed by atoms with Crippen LogP contribution in [0.5, 0.6) is 0 Å². The number of benzene rings is 1. The summed E-state index contributed by atoms with van der Waals surface area (Å²) >= 11 is 7.13. The summed E-state index contributed by atoms with van der Waals surface area (Å²) in [5.41, 5.74) is 0.412. The van der Waals surface area contributed by atoms with E-state index in [1.54, 1.807) is 30.3 Å². The first-order valence-electron chi connectivity index (χ1n) is 9.36. The van der Waals surface area contributed by atoms with Crippen molar-refractivity contribution in [2.24, 2.45) is 0 Å². The molecule has 160 valence electrons. The number of likely N-dealkylation sites (tertiary alicyclic amines) is 1. The second kappa shape index (κ2) is 9.47. The molecule has 10 heteroatoms. The van der Waals surface area contributed by atoms with Crippen molar-refractivity contribution in [3.8, 4) is 0 Å². The first-order chi connectivity index (χ1) is 14.2. The van der Waals surface area contributed by atoms with E-state index in [0.717, 1.165) is 17.1 Å². The maximum absolute atomic E-state index is 13.1. The SMILES string of the molecule is CN(C)S(=O)(=O)c1ccc(SC2CCCCN(C(=O)c3ccc(Cl)cc3)C2=O)nc1. The molecular formula is C20H22ClN3O4S2. The van der Waals surface area contributed by atoms with Crippen molar-refractivity contribution in [3.63, 3.8) is 0 Å². The van der Waals surface area contributed by atoms with Gasteiger partial charge in [0.05, 0.1) is 10.3 Å². The second-order valence-electron chi connectivity index (χ2n) is 7.02. The van der Waals surface area contributed by atoms with Crippen LogP contribution in [0.4, 0.5) is 0 Å². The molecule has 1 aromatic carbocycles. The number of carbonyl (C=O) groups is 2. The molecule has 0 N–H and O–H groups in total. The maximum Gasteiger partial charge on any atom is 0.260 e. The Balaban J connectivity index is 1.76. The molecule has 1 saturated heterocycles.